The van der Waals surface area contributed by atoms with Crippen LogP contribution in [0.1, 0.15) is 19.3 Å². The fourth-order valence-corrected chi connectivity index (χ4v) is 2.72. The lowest BCUT2D eigenvalue weighted by molar-refractivity contribution is -0.146. The fraction of sp³-hybridized carbons (Fsp3) is 0.643. The average Bonchev–Trinajstić information content (AvgIpc) is 2.56. The minimum atomic E-state index is -0.219. The van der Waals surface area contributed by atoms with Crippen LogP contribution in [-0.2, 0) is 9.53 Å². The second-order valence-corrected chi connectivity index (χ2v) is 5.22. The number of aromatic nitrogens is 2. The monoisotopic (exact) mass is 276 g/mol. The summed E-state index contributed by atoms with van der Waals surface area (Å²) in [6, 6.07) is 1.81. The predicted molar refractivity (Wildman–Crippen MR) is 74.4 cm³/mol. The van der Waals surface area contributed by atoms with Crippen molar-refractivity contribution in [3.8, 4) is 0 Å². The Kier molecular flexibility index (Phi) is 4.11. The van der Waals surface area contributed by atoms with Crippen LogP contribution in [0.4, 0.5) is 5.95 Å². The van der Waals surface area contributed by atoms with Gasteiger partial charge in [-0.2, -0.15) is 0 Å². The number of hydrogen-bond acceptors (Lipinski definition) is 5. The van der Waals surface area contributed by atoms with Crippen LogP contribution < -0.4 is 4.90 Å². The molecule has 0 aromatic carbocycles. The molecule has 2 saturated heterocycles. The topological polar surface area (TPSA) is 58.6 Å². The van der Waals surface area contributed by atoms with Crippen molar-refractivity contribution in [2.24, 2.45) is 0 Å². The predicted octanol–water partition coefficient (Wildman–Crippen LogP) is 0.694. The van der Waals surface area contributed by atoms with Crippen molar-refractivity contribution in [3.05, 3.63) is 18.5 Å². The van der Waals surface area contributed by atoms with Gasteiger partial charge < -0.3 is 14.5 Å². The van der Waals surface area contributed by atoms with E-state index in [9.17, 15) is 4.79 Å². The zero-order chi connectivity index (χ0) is 13.8. The molecular formula is C14H20N4O2. The number of carbonyl (C=O) groups excluding carboxylic acids is 1. The molecular weight excluding hydrogens is 256 g/mol. The number of carbonyl (C=O) groups is 1. The third-order valence-electron chi connectivity index (χ3n) is 3.88. The molecule has 6 nitrogen and oxygen atoms in total. The summed E-state index contributed by atoms with van der Waals surface area (Å²) >= 11 is 0. The van der Waals surface area contributed by atoms with Gasteiger partial charge in [-0.1, -0.05) is 0 Å². The first kappa shape index (κ1) is 13.3. The van der Waals surface area contributed by atoms with E-state index in [4.69, 9.17) is 4.74 Å². The van der Waals surface area contributed by atoms with Crippen LogP contribution in [-0.4, -0.2) is 59.7 Å². The highest BCUT2D eigenvalue weighted by atomic mass is 16.5. The van der Waals surface area contributed by atoms with Crippen LogP contribution in [0.25, 0.3) is 0 Å². The van der Waals surface area contributed by atoms with Crippen molar-refractivity contribution in [1.29, 1.82) is 0 Å². The van der Waals surface area contributed by atoms with Gasteiger partial charge in [-0.05, 0) is 25.3 Å². The number of anilines is 1. The standard InChI is InChI=1S/C14H20N4O2/c19-13(12-4-1-2-11-20-12)17-7-9-18(10-8-17)14-15-5-3-6-16-14/h3,5-6,12H,1-2,4,7-11H2/t12-/m1/s1. The number of piperazine rings is 1. The quantitative estimate of drug-likeness (QED) is 0.795. The number of hydrogen-bond donors (Lipinski definition) is 0. The van der Waals surface area contributed by atoms with E-state index in [2.05, 4.69) is 14.9 Å². The first-order chi connectivity index (χ1) is 9.84. The maximum absolute atomic E-state index is 12.3. The third kappa shape index (κ3) is 2.90. The summed E-state index contributed by atoms with van der Waals surface area (Å²) in [5.41, 5.74) is 0. The van der Waals surface area contributed by atoms with Gasteiger partial charge in [0.2, 0.25) is 5.95 Å². The first-order valence-electron chi connectivity index (χ1n) is 7.27. The van der Waals surface area contributed by atoms with Crippen LogP contribution in [0.2, 0.25) is 0 Å². The molecule has 2 fully saturated rings. The van der Waals surface area contributed by atoms with Crippen molar-refractivity contribution in [1.82, 2.24) is 14.9 Å². The molecule has 20 heavy (non-hydrogen) atoms. The maximum atomic E-state index is 12.3. The third-order valence-corrected chi connectivity index (χ3v) is 3.88. The largest absolute Gasteiger partial charge is 0.368 e. The van der Waals surface area contributed by atoms with E-state index in [1.54, 1.807) is 12.4 Å². The SMILES string of the molecule is O=C([C@H]1CCCCO1)N1CCN(c2ncccn2)CC1. The normalized spacial score (nSPS) is 23.7. The molecule has 1 aromatic heterocycles. The minimum absolute atomic E-state index is 0.151. The Bertz CT molecular complexity index is 440. The van der Waals surface area contributed by atoms with Gasteiger partial charge in [0.15, 0.2) is 0 Å². The minimum Gasteiger partial charge on any atom is -0.368 e. The van der Waals surface area contributed by atoms with E-state index < -0.39 is 0 Å². The summed E-state index contributed by atoms with van der Waals surface area (Å²) in [5, 5.41) is 0. The Hall–Kier alpha value is -1.69. The zero-order valence-electron chi connectivity index (χ0n) is 11.6. The van der Waals surface area contributed by atoms with Crippen LogP contribution in [0.15, 0.2) is 18.5 Å². The molecule has 2 aliphatic heterocycles. The van der Waals surface area contributed by atoms with Crippen molar-refractivity contribution in [2.45, 2.75) is 25.4 Å². The zero-order valence-corrected chi connectivity index (χ0v) is 11.6. The molecule has 1 atom stereocenters. The summed E-state index contributed by atoms with van der Waals surface area (Å²) in [7, 11) is 0. The van der Waals surface area contributed by atoms with Gasteiger partial charge in [-0.3, -0.25) is 4.79 Å². The van der Waals surface area contributed by atoms with Gasteiger partial charge >= 0.3 is 0 Å². The number of amides is 1. The average molecular weight is 276 g/mol. The van der Waals surface area contributed by atoms with Gasteiger partial charge in [-0.15, -0.1) is 0 Å². The van der Waals surface area contributed by atoms with Crippen LogP contribution >= 0.6 is 0 Å². The van der Waals surface area contributed by atoms with Gasteiger partial charge in [0, 0.05) is 45.2 Å². The van der Waals surface area contributed by atoms with Crippen LogP contribution in [0, 0.1) is 0 Å². The van der Waals surface area contributed by atoms with Crippen molar-refractivity contribution in [3.63, 3.8) is 0 Å². The molecule has 2 aliphatic rings. The number of rotatable bonds is 2. The Morgan fingerprint density at radius 3 is 2.55 bits per heavy atom. The maximum Gasteiger partial charge on any atom is 0.251 e. The summed E-state index contributed by atoms with van der Waals surface area (Å²) in [4.78, 5) is 24.9. The number of nitrogens with zero attached hydrogens (tertiary/aromatic N) is 4. The second-order valence-electron chi connectivity index (χ2n) is 5.22. The molecule has 1 amide bonds. The first-order valence-corrected chi connectivity index (χ1v) is 7.27. The van der Waals surface area contributed by atoms with E-state index in [0.717, 1.165) is 51.4 Å². The Labute approximate surface area is 118 Å². The second kappa shape index (κ2) is 6.17. The van der Waals surface area contributed by atoms with E-state index in [-0.39, 0.29) is 12.0 Å². The molecule has 108 valence electrons. The Morgan fingerprint density at radius 2 is 1.90 bits per heavy atom. The summed E-state index contributed by atoms with van der Waals surface area (Å²) in [5.74, 6) is 0.895. The fourth-order valence-electron chi connectivity index (χ4n) is 2.72. The summed E-state index contributed by atoms with van der Waals surface area (Å²) in [6.07, 6.45) is 6.30. The lowest BCUT2D eigenvalue weighted by Crippen LogP contribution is -2.52. The lowest BCUT2D eigenvalue weighted by atomic mass is 10.1. The highest BCUT2D eigenvalue weighted by molar-refractivity contribution is 5.81. The summed E-state index contributed by atoms with van der Waals surface area (Å²) < 4.78 is 5.57. The molecule has 0 saturated carbocycles. The Morgan fingerprint density at radius 1 is 1.15 bits per heavy atom. The smallest absolute Gasteiger partial charge is 0.251 e. The molecule has 0 radical (unpaired) electrons. The Balaban J connectivity index is 1.54. The van der Waals surface area contributed by atoms with Crippen LogP contribution in [0.5, 0.6) is 0 Å². The van der Waals surface area contributed by atoms with Crippen molar-refractivity contribution < 1.29 is 9.53 Å². The number of ether oxygens (including phenoxy) is 1. The van der Waals surface area contributed by atoms with Gasteiger partial charge in [0.05, 0.1) is 0 Å². The van der Waals surface area contributed by atoms with Crippen molar-refractivity contribution in [2.75, 3.05) is 37.7 Å². The lowest BCUT2D eigenvalue weighted by Gasteiger charge is -2.36. The highest BCUT2D eigenvalue weighted by Crippen LogP contribution is 2.17. The van der Waals surface area contributed by atoms with E-state index in [0.29, 0.717) is 6.61 Å². The van der Waals surface area contributed by atoms with Gasteiger partial charge in [-0.25, -0.2) is 9.97 Å². The molecule has 3 heterocycles. The molecule has 0 N–H and O–H groups in total. The van der Waals surface area contributed by atoms with Gasteiger partial charge in [0.1, 0.15) is 6.10 Å². The van der Waals surface area contributed by atoms with Crippen LogP contribution in [0.3, 0.4) is 0 Å². The highest BCUT2D eigenvalue weighted by Gasteiger charge is 2.29. The molecule has 0 spiro atoms. The molecule has 6 heteroatoms. The molecule has 0 aliphatic carbocycles. The van der Waals surface area contributed by atoms with E-state index >= 15 is 0 Å². The molecule has 3 rings (SSSR count). The van der Waals surface area contributed by atoms with Gasteiger partial charge in [0.25, 0.3) is 5.91 Å². The molecule has 0 unspecified atom stereocenters. The molecule has 1 aromatic rings. The van der Waals surface area contributed by atoms with E-state index in [1.807, 2.05) is 11.0 Å². The van der Waals surface area contributed by atoms with E-state index in [1.165, 1.54) is 0 Å². The molecule has 0 bridgehead atoms. The summed E-state index contributed by atoms with van der Waals surface area (Å²) in [6.45, 7) is 3.72. The van der Waals surface area contributed by atoms with Crippen molar-refractivity contribution >= 4 is 11.9 Å².